The molecule has 10 nitrogen and oxygen atoms in total. The number of nitrogens with one attached hydrogen (secondary N) is 2. The van der Waals surface area contributed by atoms with Gasteiger partial charge in [-0.25, -0.2) is 4.79 Å². The maximum absolute atomic E-state index is 12.4. The Morgan fingerprint density at radius 3 is 2.43 bits per heavy atom. The van der Waals surface area contributed by atoms with E-state index < -0.39 is 16.8 Å². The van der Waals surface area contributed by atoms with Gasteiger partial charge in [-0.15, -0.1) is 0 Å². The molecular weight excluding hydrogens is 394 g/mol. The van der Waals surface area contributed by atoms with E-state index in [4.69, 9.17) is 14.2 Å². The minimum atomic E-state index is -0.611. The predicted molar refractivity (Wildman–Crippen MR) is 110 cm³/mol. The fourth-order valence-electron chi connectivity index (χ4n) is 2.53. The number of carbonyl (C=O) groups excluding carboxylic acids is 2. The second-order valence-corrected chi connectivity index (χ2v) is 6.41. The molecule has 2 aromatic rings. The van der Waals surface area contributed by atoms with Crippen LogP contribution in [0.4, 0.5) is 17.1 Å². The number of nitrogens with zero attached hydrogens (tertiary/aromatic N) is 1. The minimum Gasteiger partial charge on any atom is -0.496 e. The highest BCUT2D eigenvalue weighted by Gasteiger charge is 2.18. The van der Waals surface area contributed by atoms with Gasteiger partial charge >= 0.3 is 5.97 Å². The zero-order valence-corrected chi connectivity index (χ0v) is 17.1. The van der Waals surface area contributed by atoms with Gasteiger partial charge in [0.25, 0.3) is 5.69 Å². The molecule has 0 aromatic heterocycles. The lowest BCUT2D eigenvalue weighted by atomic mass is 10.2. The minimum absolute atomic E-state index is 0.0366. The van der Waals surface area contributed by atoms with Crippen molar-refractivity contribution < 1.29 is 28.7 Å². The Hall–Kier alpha value is -3.82. The first-order chi connectivity index (χ1) is 14.2. The van der Waals surface area contributed by atoms with E-state index in [1.54, 1.807) is 12.1 Å². The van der Waals surface area contributed by atoms with E-state index in [0.29, 0.717) is 17.2 Å². The van der Waals surface area contributed by atoms with Crippen molar-refractivity contribution >= 4 is 28.9 Å². The normalized spacial score (nSPS) is 10.3. The number of anilines is 2. The second kappa shape index (κ2) is 10.1. The van der Waals surface area contributed by atoms with Gasteiger partial charge in [-0.2, -0.15) is 0 Å². The van der Waals surface area contributed by atoms with Crippen LogP contribution in [-0.4, -0.2) is 43.7 Å². The third-order valence-corrected chi connectivity index (χ3v) is 3.88. The number of nitro groups is 1. The molecule has 2 aromatic carbocycles. The number of esters is 1. The van der Waals surface area contributed by atoms with E-state index in [9.17, 15) is 19.7 Å². The molecule has 0 aliphatic heterocycles. The number of nitro benzene ring substituents is 1. The van der Waals surface area contributed by atoms with Crippen LogP contribution in [0, 0.1) is 10.1 Å². The summed E-state index contributed by atoms with van der Waals surface area (Å²) in [6.07, 6.45) is -0.134. The van der Waals surface area contributed by atoms with E-state index in [1.165, 1.54) is 38.5 Å². The Balaban J connectivity index is 2.17. The first-order valence-electron chi connectivity index (χ1n) is 9.00. The SMILES string of the molecule is COC(=O)c1ccc(OC(C)C)c(NCC(=O)Nc2ccc(OC)cc2[N+](=O)[O-])c1. The van der Waals surface area contributed by atoms with Crippen molar-refractivity contribution in [1.29, 1.82) is 0 Å². The van der Waals surface area contributed by atoms with Gasteiger partial charge in [-0.05, 0) is 44.2 Å². The van der Waals surface area contributed by atoms with E-state index in [-0.39, 0.29) is 29.6 Å². The second-order valence-electron chi connectivity index (χ2n) is 6.41. The number of carbonyl (C=O) groups is 2. The molecule has 0 heterocycles. The Kier molecular flexibility index (Phi) is 7.56. The number of hydrogen-bond acceptors (Lipinski definition) is 8. The van der Waals surface area contributed by atoms with E-state index in [2.05, 4.69) is 10.6 Å². The number of hydrogen-bond donors (Lipinski definition) is 2. The largest absolute Gasteiger partial charge is 0.496 e. The van der Waals surface area contributed by atoms with Crippen molar-refractivity contribution in [2.75, 3.05) is 31.4 Å². The molecule has 30 heavy (non-hydrogen) atoms. The summed E-state index contributed by atoms with van der Waals surface area (Å²) >= 11 is 0. The van der Waals surface area contributed by atoms with Gasteiger partial charge in [0.2, 0.25) is 5.91 Å². The molecule has 0 aliphatic carbocycles. The lowest BCUT2D eigenvalue weighted by molar-refractivity contribution is -0.384. The fourth-order valence-corrected chi connectivity index (χ4v) is 2.53. The molecule has 2 rings (SSSR count). The van der Waals surface area contributed by atoms with Crippen LogP contribution in [0.25, 0.3) is 0 Å². The maximum Gasteiger partial charge on any atom is 0.337 e. The summed E-state index contributed by atoms with van der Waals surface area (Å²) in [5, 5.41) is 16.6. The van der Waals surface area contributed by atoms with Crippen molar-refractivity contribution in [3.05, 3.63) is 52.1 Å². The highest BCUT2D eigenvalue weighted by atomic mass is 16.6. The van der Waals surface area contributed by atoms with Gasteiger partial charge in [0.15, 0.2) is 0 Å². The lowest BCUT2D eigenvalue weighted by Crippen LogP contribution is -2.23. The molecule has 0 saturated heterocycles. The number of methoxy groups -OCH3 is 2. The standard InChI is InChI=1S/C20H23N3O7/c1-12(2)30-18-8-5-13(20(25)29-4)9-16(18)21-11-19(24)22-15-7-6-14(28-3)10-17(15)23(26)27/h5-10,12,21H,11H2,1-4H3,(H,22,24). The Labute approximate surface area is 173 Å². The maximum atomic E-state index is 12.4. The molecule has 0 spiro atoms. The van der Waals surface area contributed by atoms with Crippen LogP contribution >= 0.6 is 0 Å². The first kappa shape index (κ1) is 22.5. The third kappa shape index (κ3) is 5.84. The van der Waals surface area contributed by atoms with Gasteiger partial charge in [0.1, 0.15) is 17.2 Å². The summed E-state index contributed by atoms with van der Waals surface area (Å²) in [6, 6.07) is 8.77. The number of amides is 1. The summed E-state index contributed by atoms with van der Waals surface area (Å²) in [7, 11) is 2.66. The third-order valence-electron chi connectivity index (χ3n) is 3.88. The lowest BCUT2D eigenvalue weighted by Gasteiger charge is -2.16. The smallest absolute Gasteiger partial charge is 0.337 e. The first-order valence-corrected chi connectivity index (χ1v) is 9.00. The molecular formula is C20H23N3O7. The average molecular weight is 417 g/mol. The zero-order chi connectivity index (χ0) is 22.3. The van der Waals surface area contributed by atoms with Crippen LogP contribution in [0.1, 0.15) is 24.2 Å². The van der Waals surface area contributed by atoms with E-state index >= 15 is 0 Å². The Morgan fingerprint density at radius 1 is 1.10 bits per heavy atom. The summed E-state index contributed by atoms with van der Waals surface area (Å²) < 4.78 is 15.4. The quantitative estimate of drug-likeness (QED) is 0.361. The summed E-state index contributed by atoms with van der Waals surface area (Å²) in [5.41, 5.74) is 0.432. The summed E-state index contributed by atoms with van der Waals surface area (Å²) in [6.45, 7) is 3.46. The molecule has 1 amide bonds. The van der Waals surface area contributed by atoms with Gasteiger partial charge < -0.3 is 24.8 Å². The molecule has 0 radical (unpaired) electrons. The molecule has 0 atom stereocenters. The number of benzene rings is 2. The number of rotatable bonds is 9. The van der Waals surface area contributed by atoms with Crippen LogP contribution in [0.15, 0.2) is 36.4 Å². The van der Waals surface area contributed by atoms with Crippen LogP contribution in [0.5, 0.6) is 11.5 Å². The van der Waals surface area contributed by atoms with Gasteiger partial charge in [-0.3, -0.25) is 14.9 Å². The Bertz CT molecular complexity index is 944. The van der Waals surface area contributed by atoms with Gasteiger partial charge in [-0.1, -0.05) is 0 Å². The van der Waals surface area contributed by atoms with E-state index in [1.807, 2.05) is 13.8 Å². The van der Waals surface area contributed by atoms with Crippen LogP contribution in [0.2, 0.25) is 0 Å². The zero-order valence-electron chi connectivity index (χ0n) is 17.1. The van der Waals surface area contributed by atoms with Crippen molar-refractivity contribution in [3.8, 4) is 11.5 Å². The molecule has 10 heteroatoms. The monoisotopic (exact) mass is 417 g/mol. The summed E-state index contributed by atoms with van der Waals surface area (Å²) in [5.74, 6) is -0.316. The molecule has 0 unspecified atom stereocenters. The fraction of sp³-hybridized carbons (Fsp3) is 0.300. The van der Waals surface area contributed by atoms with Crippen LogP contribution in [0.3, 0.4) is 0 Å². The molecule has 160 valence electrons. The van der Waals surface area contributed by atoms with Gasteiger partial charge in [0.05, 0.1) is 49.1 Å². The van der Waals surface area contributed by atoms with Crippen molar-refractivity contribution in [2.45, 2.75) is 20.0 Å². The summed E-state index contributed by atoms with van der Waals surface area (Å²) in [4.78, 5) is 34.8. The van der Waals surface area contributed by atoms with Crippen LogP contribution in [-0.2, 0) is 9.53 Å². The van der Waals surface area contributed by atoms with Crippen molar-refractivity contribution in [1.82, 2.24) is 0 Å². The predicted octanol–water partition coefficient (Wildman–Crippen LogP) is 3.23. The molecule has 0 bridgehead atoms. The van der Waals surface area contributed by atoms with Crippen molar-refractivity contribution in [2.24, 2.45) is 0 Å². The van der Waals surface area contributed by atoms with Crippen molar-refractivity contribution in [3.63, 3.8) is 0 Å². The highest BCUT2D eigenvalue weighted by molar-refractivity contribution is 5.96. The highest BCUT2D eigenvalue weighted by Crippen LogP contribution is 2.30. The molecule has 2 N–H and O–H groups in total. The Morgan fingerprint density at radius 2 is 1.83 bits per heavy atom. The molecule has 0 fully saturated rings. The number of ether oxygens (including phenoxy) is 3. The average Bonchev–Trinajstić information content (AvgIpc) is 2.72. The molecule has 0 aliphatic rings. The van der Waals surface area contributed by atoms with Gasteiger partial charge in [0, 0.05) is 0 Å². The van der Waals surface area contributed by atoms with Crippen LogP contribution < -0.4 is 20.1 Å². The molecule has 0 saturated carbocycles. The van der Waals surface area contributed by atoms with E-state index in [0.717, 1.165) is 0 Å². The topological polar surface area (TPSA) is 129 Å².